The molecular weight excluding hydrogens is 356 g/mol. The third-order valence-electron chi connectivity index (χ3n) is 5.05. The van der Waals surface area contributed by atoms with E-state index in [0.29, 0.717) is 30.2 Å². The van der Waals surface area contributed by atoms with Gasteiger partial charge in [-0.05, 0) is 18.6 Å². The van der Waals surface area contributed by atoms with E-state index in [0.717, 1.165) is 17.7 Å². The summed E-state index contributed by atoms with van der Waals surface area (Å²) in [7, 11) is 3.11. The highest BCUT2D eigenvalue weighted by Crippen LogP contribution is 2.32. The molecule has 1 unspecified atom stereocenters. The van der Waals surface area contributed by atoms with E-state index in [9.17, 15) is 4.79 Å². The number of nitrogens with zero attached hydrogens (tertiary/aromatic N) is 4. The summed E-state index contributed by atoms with van der Waals surface area (Å²) in [5.74, 6) is 0.931. The molecule has 4 rings (SSSR count). The molecule has 0 aliphatic carbocycles. The summed E-state index contributed by atoms with van der Waals surface area (Å²) >= 11 is 0. The number of benzene rings is 2. The summed E-state index contributed by atoms with van der Waals surface area (Å²) in [5, 5.41) is 8.57. The summed E-state index contributed by atoms with van der Waals surface area (Å²) in [6.45, 7) is 1.21. The van der Waals surface area contributed by atoms with Crippen LogP contribution < -0.4 is 9.47 Å². The monoisotopic (exact) mass is 378 g/mol. The van der Waals surface area contributed by atoms with E-state index < -0.39 is 0 Å². The maximum atomic E-state index is 13.1. The molecule has 1 amide bonds. The van der Waals surface area contributed by atoms with Gasteiger partial charge >= 0.3 is 0 Å². The first-order valence-corrected chi connectivity index (χ1v) is 9.18. The van der Waals surface area contributed by atoms with Crippen LogP contribution in [0.3, 0.4) is 0 Å². The highest BCUT2D eigenvalue weighted by atomic mass is 16.5. The minimum absolute atomic E-state index is 0.0922. The standard InChI is InChI=1S/C21H22N4O3/c1-27-18-9-6-10-19(28-2)20(18)21(26)24-12-11-16(13-24)25-14-17(22-23-25)15-7-4-3-5-8-15/h3-10,14,16H,11-13H2,1-2H3. The summed E-state index contributed by atoms with van der Waals surface area (Å²) in [5.41, 5.74) is 2.31. The van der Waals surface area contributed by atoms with Crippen LogP contribution in [-0.4, -0.2) is 53.1 Å². The molecule has 1 saturated heterocycles. The fourth-order valence-electron chi connectivity index (χ4n) is 3.56. The van der Waals surface area contributed by atoms with Crippen LogP contribution in [0.4, 0.5) is 0 Å². The molecule has 0 saturated carbocycles. The Bertz CT molecular complexity index is 949. The molecule has 2 heterocycles. The third-order valence-corrected chi connectivity index (χ3v) is 5.05. The number of ether oxygens (including phenoxy) is 2. The maximum absolute atomic E-state index is 13.1. The zero-order valence-electron chi connectivity index (χ0n) is 15.9. The lowest BCUT2D eigenvalue weighted by Gasteiger charge is -2.19. The Morgan fingerprint density at radius 1 is 1.04 bits per heavy atom. The minimum Gasteiger partial charge on any atom is -0.496 e. The number of amides is 1. The normalized spacial score (nSPS) is 16.2. The number of hydrogen-bond donors (Lipinski definition) is 0. The number of rotatable bonds is 5. The molecule has 1 atom stereocenters. The van der Waals surface area contributed by atoms with Crippen molar-refractivity contribution in [3.63, 3.8) is 0 Å². The Morgan fingerprint density at radius 2 is 1.75 bits per heavy atom. The van der Waals surface area contributed by atoms with Crippen LogP contribution in [0, 0.1) is 0 Å². The Kier molecular flexibility index (Phi) is 4.97. The van der Waals surface area contributed by atoms with Crippen molar-refractivity contribution in [3.05, 3.63) is 60.3 Å². The van der Waals surface area contributed by atoms with Crippen molar-refractivity contribution >= 4 is 5.91 Å². The van der Waals surface area contributed by atoms with Crippen LogP contribution in [-0.2, 0) is 0 Å². The average Bonchev–Trinajstić information content (AvgIpc) is 3.43. The number of methoxy groups -OCH3 is 2. The van der Waals surface area contributed by atoms with E-state index in [1.807, 2.05) is 52.2 Å². The van der Waals surface area contributed by atoms with Gasteiger partial charge in [-0.25, -0.2) is 4.68 Å². The van der Waals surface area contributed by atoms with E-state index in [1.54, 1.807) is 26.4 Å². The lowest BCUT2D eigenvalue weighted by Crippen LogP contribution is -2.30. The van der Waals surface area contributed by atoms with Gasteiger partial charge in [0.25, 0.3) is 5.91 Å². The lowest BCUT2D eigenvalue weighted by atomic mass is 10.1. The van der Waals surface area contributed by atoms with E-state index in [4.69, 9.17) is 9.47 Å². The second-order valence-corrected chi connectivity index (χ2v) is 6.68. The first-order chi connectivity index (χ1) is 13.7. The number of aromatic nitrogens is 3. The van der Waals surface area contributed by atoms with E-state index in [2.05, 4.69) is 10.3 Å². The first-order valence-electron chi connectivity index (χ1n) is 9.18. The van der Waals surface area contributed by atoms with Gasteiger partial charge in [0.1, 0.15) is 22.8 Å². The number of likely N-dealkylation sites (tertiary alicyclic amines) is 1. The highest BCUT2D eigenvalue weighted by Gasteiger charge is 2.32. The lowest BCUT2D eigenvalue weighted by molar-refractivity contribution is 0.0780. The molecule has 3 aromatic rings. The van der Waals surface area contributed by atoms with Crippen LogP contribution in [0.2, 0.25) is 0 Å². The molecule has 144 valence electrons. The second kappa shape index (κ2) is 7.72. The van der Waals surface area contributed by atoms with Crippen molar-refractivity contribution in [2.24, 2.45) is 0 Å². The molecule has 7 nitrogen and oxygen atoms in total. The largest absolute Gasteiger partial charge is 0.496 e. The van der Waals surface area contributed by atoms with Crippen molar-refractivity contribution in [2.45, 2.75) is 12.5 Å². The number of carbonyl (C=O) groups is 1. The molecule has 1 aliphatic rings. The Labute approximate surface area is 163 Å². The third kappa shape index (κ3) is 3.31. The van der Waals surface area contributed by atoms with Gasteiger partial charge in [-0.3, -0.25) is 4.79 Å². The zero-order chi connectivity index (χ0) is 19.5. The summed E-state index contributed by atoms with van der Waals surface area (Å²) < 4.78 is 12.6. The predicted molar refractivity (Wildman–Crippen MR) is 105 cm³/mol. The zero-order valence-corrected chi connectivity index (χ0v) is 15.9. The van der Waals surface area contributed by atoms with Gasteiger partial charge in [0.05, 0.1) is 26.5 Å². The van der Waals surface area contributed by atoms with Gasteiger partial charge in [-0.1, -0.05) is 41.6 Å². The molecule has 0 bridgehead atoms. The van der Waals surface area contributed by atoms with Gasteiger partial charge in [0.2, 0.25) is 0 Å². The topological polar surface area (TPSA) is 69.5 Å². The van der Waals surface area contributed by atoms with Crippen molar-refractivity contribution in [1.29, 1.82) is 0 Å². The van der Waals surface area contributed by atoms with E-state index in [1.165, 1.54) is 0 Å². The summed E-state index contributed by atoms with van der Waals surface area (Å²) in [6.07, 6.45) is 2.76. The molecule has 1 fully saturated rings. The Hall–Kier alpha value is -3.35. The van der Waals surface area contributed by atoms with Crippen molar-refractivity contribution in [2.75, 3.05) is 27.3 Å². The van der Waals surface area contributed by atoms with Crippen LogP contribution in [0.1, 0.15) is 22.8 Å². The SMILES string of the molecule is COc1cccc(OC)c1C(=O)N1CCC(n2cc(-c3ccccc3)nn2)C1. The van der Waals surface area contributed by atoms with Gasteiger partial charge in [-0.2, -0.15) is 0 Å². The minimum atomic E-state index is -0.0970. The van der Waals surface area contributed by atoms with Gasteiger partial charge in [0, 0.05) is 18.7 Å². The molecule has 0 radical (unpaired) electrons. The molecule has 0 spiro atoms. The Balaban J connectivity index is 1.52. The van der Waals surface area contributed by atoms with E-state index in [-0.39, 0.29) is 11.9 Å². The van der Waals surface area contributed by atoms with Gasteiger partial charge < -0.3 is 14.4 Å². The summed E-state index contributed by atoms with van der Waals surface area (Å²) in [4.78, 5) is 14.9. The van der Waals surface area contributed by atoms with E-state index >= 15 is 0 Å². The molecule has 1 aliphatic heterocycles. The first kappa shape index (κ1) is 18.0. The molecule has 2 aromatic carbocycles. The maximum Gasteiger partial charge on any atom is 0.261 e. The van der Waals surface area contributed by atoms with Gasteiger partial charge in [0.15, 0.2) is 0 Å². The number of carbonyl (C=O) groups excluding carboxylic acids is 1. The quantitative estimate of drug-likeness (QED) is 0.683. The molecule has 0 N–H and O–H groups in total. The van der Waals surface area contributed by atoms with Crippen molar-refractivity contribution in [1.82, 2.24) is 19.9 Å². The molecule has 7 heteroatoms. The smallest absolute Gasteiger partial charge is 0.261 e. The van der Waals surface area contributed by atoms with Crippen LogP contribution in [0.15, 0.2) is 54.7 Å². The predicted octanol–water partition coefficient (Wildman–Crippen LogP) is 3.05. The van der Waals surface area contributed by atoms with Crippen molar-refractivity contribution < 1.29 is 14.3 Å². The molecular formula is C21H22N4O3. The second-order valence-electron chi connectivity index (χ2n) is 6.68. The highest BCUT2D eigenvalue weighted by molar-refractivity contribution is 5.99. The fraction of sp³-hybridized carbons (Fsp3) is 0.286. The van der Waals surface area contributed by atoms with Crippen LogP contribution >= 0.6 is 0 Å². The fourth-order valence-corrected chi connectivity index (χ4v) is 3.56. The molecule has 1 aromatic heterocycles. The number of hydrogen-bond acceptors (Lipinski definition) is 5. The Morgan fingerprint density at radius 3 is 2.43 bits per heavy atom. The van der Waals surface area contributed by atoms with Gasteiger partial charge in [-0.15, -0.1) is 5.10 Å². The van der Waals surface area contributed by atoms with Crippen molar-refractivity contribution in [3.8, 4) is 22.8 Å². The average molecular weight is 378 g/mol. The molecule has 28 heavy (non-hydrogen) atoms. The van der Waals surface area contributed by atoms with Crippen LogP contribution in [0.5, 0.6) is 11.5 Å². The summed E-state index contributed by atoms with van der Waals surface area (Å²) in [6, 6.07) is 15.4. The van der Waals surface area contributed by atoms with Crippen LogP contribution in [0.25, 0.3) is 11.3 Å².